The van der Waals surface area contributed by atoms with Crippen LogP contribution >= 0.6 is 7.60 Å². The molecule has 0 N–H and O–H groups in total. The Labute approximate surface area is 96.6 Å². The number of carbonyl (C=O) groups is 1. The fourth-order valence-corrected chi connectivity index (χ4v) is 3.53. The van der Waals surface area contributed by atoms with Crippen LogP contribution < -0.4 is 0 Å². The second-order valence-corrected chi connectivity index (χ2v) is 5.85. The van der Waals surface area contributed by atoms with Gasteiger partial charge in [0.2, 0.25) is 0 Å². The molecule has 0 aromatic heterocycles. The van der Waals surface area contributed by atoms with E-state index in [1.165, 1.54) is 0 Å². The topological polar surface area (TPSA) is 55.8 Å². The van der Waals surface area contributed by atoms with E-state index in [-0.39, 0.29) is 12.2 Å². The Morgan fingerprint density at radius 2 is 2.25 bits per heavy atom. The molecule has 5 nitrogen and oxygen atoms in total. The lowest BCUT2D eigenvalue weighted by molar-refractivity contribution is -0.140. The fraction of sp³-hybridized carbons (Fsp3) is 0.900. The first-order chi connectivity index (χ1) is 7.52. The predicted octanol–water partition coefficient (Wildman–Crippen LogP) is 2.22. The molecule has 2 atom stereocenters. The third-order valence-electron chi connectivity index (χ3n) is 2.43. The van der Waals surface area contributed by atoms with Gasteiger partial charge in [0.25, 0.3) is 5.91 Å². The average molecular weight is 249 g/mol. The zero-order valence-electron chi connectivity index (χ0n) is 10.1. The lowest BCUT2D eigenvalue weighted by Gasteiger charge is -2.35. The molecule has 1 saturated heterocycles. The highest BCUT2D eigenvalue weighted by molar-refractivity contribution is 7.53. The van der Waals surface area contributed by atoms with Gasteiger partial charge in [0.15, 0.2) is 0 Å². The molecule has 1 fully saturated rings. The summed E-state index contributed by atoms with van der Waals surface area (Å²) in [5.74, 6) is -0.0976. The molecule has 94 valence electrons. The molecule has 0 aromatic carbocycles. The van der Waals surface area contributed by atoms with Crippen molar-refractivity contribution < 1.29 is 18.4 Å². The van der Waals surface area contributed by atoms with Crippen molar-refractivity contribution in [3.8, 4) is 0 Å². The summed E-state index contributed by atoms with van der Waals surface area (Å²) < 4.78 is 22.4. The molecule has 1 heterocycles. The van der Waals surface area contributed by atoms with Gasteiger partial charge in [-0.15, -0.1) is 0 Å². The molecule has 0 aliphatic carbocycles. The third kappa shape index (κ3) is 3.30. The molecule has 0 bridgehead atoms. The number of carbonyl (C=O) groups excluding carboxylic acids is 1. The number of nitrogens with zero attached hydrogens (tertiary/aromatic N) is 1. The third-order valence-corrected chi connectivity index (χ3v) is 4.41. The Hall–Kier alpha value is -0.380. The van der Waals surface area contributed by atoms with E-state index in [9.17, 15) is 9.36 Å². The Bertz CT molecular complexity index is 295. The van der Waals surface area contributed by atoms with Gasteiger partial charge in [0.05, 0.1) is 6.61 Å². The zero-order chi connectivity index (χ0) is 12.2. The Morgan fingerprint density at radius 1 is 1.56 bits per heavy atom. The SMILES string of the molecule is CCCCN1CP(=O)(OCC)OC(C)C1=O. The van der Waals surface area contributed by atoms with E-state index < -0.39 is 13.7 Å². The molecule has 1 rings (SSSR count). The first-order valence-corrected chi connectivity index (χ1v) is 7.46. The van der Waals surface area contributed by atoms with Crippen LogP contribution in [0.25, 0.3) is 0 Å². The molecule has 0 radical (unpaired) electrons. The lowest BCUT2D eigenvalue weighted by Crippen LogP contribution is -2.44. The summed E-state index contributed by atoms with van der Waals surface area (Å²) in [4.78, 5) is 13.3. The highest BCUT2D eigenvalue weighted by Crippen LogP contribution is 2.52. The van der Waals surface area contributed by atoms with Crippen LogP contribution in [0.15, 0.2) is 0 Å². The van der Waals surface area contributed by atoms with Gasteiger partial charge in [0, 0.05) is 6.54 Å². The van der Waals surface area contributed by atoms with E-state index in [1.54, 1.807) is 18.7 Å². The molecule has 0 aromatic rings. The summed E-state index contributed by atoms with van der Waals surface area (Å²) in [6.45, 7) is 6.39. The summed E-state index contributed by atoms with van der Waals surface area (Å²) in [7, 11) is -3.10. The van der Waals surface area contributed by atoms with Crippen molar-refractivity contribution in [2.24, 2.45) is 0 Å². The Morgan fingerprint density at radius 3 is 2.81 bits per heavy atom. The lowest BCUT2D eigenvalue weighted by atomic mass is 10.3. The number of hydrogen-bond acceptors (Lipinski definition) is 4. The summed E-state index contributed by atoms with van der Waals surface area (Å²) in [6.07, 6.45) is 1.33. The van der Waals surface area contributed by atoms with Gasteiger partial charge in [-0.05, 0) is 20.3 Å². The minimum absolute atomic E-state index is 0.0873. The van der Waals surface area contributed by atoms with Gasteiger partial charge in [-0.2, -0.15) is 0 Å². The van der Waals surface area contributed by atoms with Crippen molar-refractivity contribution >= 4 is 13.5 Å². The number of amides is 1. The highest BCUT2D eigenvalue weighted by atomic mass is 31.2. The minimum Gasteiger partial charge on any atom is -0.328 e. The summed E-state index contributed by atoms with van der Waals surface area (Å²) in [5, 5.41) is 0. The average Bonchev–Trinajstić information content (AvgIpc) is 2.21. The van der Waals surface area contributed by atoms with E-state index >= 15 is 0 Å². The van der Waals surface area contributed by atoms with Crippen molar-refractivity contribution in [2.75, 3.05) is 19.4 Å². The van der Waals surface area contributed by atoms with Gasteiger partial charge in [0.1, 0.15) is 12.4 Å². The van der Waals surface area contributed by atoms with Gasteiger partial charge < -0.3 is 9.42 Å². The normalized spacial score (nSPS) is 30.8. The van der Waals surface area contributed by atoms with E-state index in [0.717, 1.165) is 12.8 Å². The first-order valence-electron chi connectivity index (χ1n) is 5.73. The van der Waals surface area contributed by atoms with Crippen LogP contribution in [0.1, 0.15) is 33.6 Å². The largest absolute Gasteiger partial charge is 0.350 e. The molecule has 16 heavy (non-hydrogen) atoms. The molecule has 1 aliphatic rings. The van der Waals surface area contributed by atoms with E-state index in [2.05, 4.69) is 6.92 Å². The standard InChI is InChI=1S/C10H20NO4P/c1-4-6-7-11-8-16(13,14-5-2)15-9(3)10(11)12/h9H,4-8H2,1-3H3. The first kappa shape index (κ1) is 13.7. The van der Waals surface area contributed by atoms with Crippen LogP contribution in [0.2, 0.25) is 0 Å². The number of rotatable bonds is 5. The molecule has 0 spiro atoms. The second-order valence-electron chi connectivity index (χ2n) is 3.87. The Kier molecular flexibility index (Phi) is 4.96. The van der Waals surface area contributed by atoms with Crippen molar-refractivity contribution in [1.29, 1.82) is 0 Å². The zero-order valence-corrected chi connectivity index (χ0v) is 11.0. The number of hydrogen-bond donors (Lipinski definition) is 0. The molecular weight excluding hydrogens is 229 g/mol. The fourth-order valence-electron chi connectivity index (χ4n) is 1.65. The summed E-state index contributed by atoms with van der Waals surface area (Å²) >= 11 is 0. The molecular formula is C10H20NO4P. The molecule has 0 saturated carbocycles. The van der Waals surface area contributed by atoms with Crippen molar-refractivity contribution in [3.63, 3.8) is 0 Å². The van der Waals surface area contributed by atoms with Gasteiger partial charge >= 0.3 is 7.60 Å². The number of unbranched alkanes of at least 4 members (excludes halogenated alkanes) is 1. The van der Waals surface area contributed by atoms with E-state index in [1.807, 2.05) is 0 Å². The summed E-state index contributed by atoms with van der Waals surface area (Å²) in [5.41, 5.74) is 0. The molecule has 1 amide bonds. The smallest absolute Gasteiger partial charge is 0.328 e. The maximum absolute atomic E-state index is 12.1. The van der Waals surface area contributed by atoms with E-state index in [0.29, 0.717) is 13.2 Å². The maximum atomic E-state index is 12.1. The van der Waals surface area contributed by atoms with Crippen molar-refractivity contribution in [1.82, 2.24) is 4.90 Å². The minimum atomic E-state index is -3.10. The van der Waals surface area contributed by atoms with Crippen LogP contribution in [0.5, 0.6) is 0 Å². The predicted molar refractivity (Wildman–Crippen MR) is 61.3 cm³/mol. The van der Waals surface area contributed by atoms with Crippen LogP contribution in [-0.4, -0.2) is 36.3 Å². The maximum Gasteiger partial charge on any atom is 0.350 e. The van der Waals surface area contributed by atoms with Gasteiger partial charge in [-0.3, -0.25) is 13.9 Å². The van der Waals surface area contributed by atoms with Crippen LogP contribution in [0, 0.1) is 0 Å². The molecule has 6 heteroatoms. The van der Waals surface area contributed by atoms with Crippen molar-refractivity contribution in [2.45, 2.75) is 39.7 Å². The van der Waals surface area contributed by atoms with Crippen LogP contribution in [0.3, 0.4) is 0 Å². The highest BCUT2D eigenvalue weighted by Gasteiger charge is 2.40. The van der Waals surface area contributed by atoms with Crippen molar-refractivity contribution in [3.05, 3.63) is 0 Å². The van der Waals surface area contributed by atoms with E-state index in [4.69, 9.17) is 9.05 Å². The van der Waals surface area contributed by atoms with Gasteiger partial charge in [-0.25, -0.2) is 0 Å². The van der Waals surface area contributed by atoms with Crippen LogP contribution in [-0.2, 0) is 18.4 Å². The molecule has 2 unspecified atom stereocenters. The summed E-state index contributed by atoms with van der Waals surface area (Å²) in [6, 6.07) is 0. The molecule has 1 aliphatic heterocycles. The Balaban J connectivity index is 2.68. The van der Waals surface area contributed by atoms with Crippen LogP contribution in [0.4, 0.5) is 0 Å². The van der Waals surface area contributed by atoms with Gasteiger partial charge in [-0.1, -0.05) is 13.3 Å². The monoisotopic (exact) mass is 249 g/mol. The quantitative estimate of drug-likeness (QED) is 0.701. The second kappa shape index (κ2) is 5.80.